The maximum Gasteiger partial charge on any atom is 0.326 e. The van der Waals surface area contributed by atoms with Crippen LogP contribution in [0.2, 0.25) is 0 Å². The van der Waals surface area contributed by atoms with Crippen molar-refractivity contribution in [1.82, 2.24) is 10.2 Å². The Hall–Kier alpha value is -1.63. The maximum atomic E-state index is 12.1. The van der Waals surface area contributed by atoms with Gasteiger partial charge in [-0.2, -0.15) is 0 Å². The Labute approximate surface area is 112 Å². The maximum absolute atomic E-state index is 12.1. The van der Waals surface area contributed by atoms with E-state index in [4.69, 9.17) is 10.8 Å². The van der Waals surface area contributed by atoms with Gasteiger partial charge in [-0.3, -0.25) is 9.59 Å². The van der Waals surface area contributed by atoms with E-state index in [0.29, 0.717) is 25.8 Å². The van der Waals surface area contributed by atoms with Gasteiger partial charge in [-0.25, -0.2) is 4.79 Å². The Morgan fingerprint density at radius 3 is 2.68 bits per heavy atom. The van der Waals surface area contributed by atoms with Gasteiger partial charge >= 0.3 is 5.97 Å². The van der Waals surface area contributed by atoms with E-state index >= 15 is 0 Å². The minimum atomic E-state index is -1.05. The van der Waals surface area contributed by atoms with Gasteiger partial charge in [0.15, 0.2) is 0 Å². The van der Waals surface area contributed by atoms with Crippen molar-refractivity contribution in [3.05, 3.63) is 0 Å². The Bertz CT molecular complexity index is 359. The lowest BCUT2D eigenvalue weighted by Gasteiger charge is -2.25. The number of hydrogen-bond donors (Lipinski definition) is 3. The number of carbonyl (C=O) groups is 3. The summed E-state index contributed by atoms with van der Waals surface area (Å²) in [6.07, 6.45) is 2.32. The SMILES string of the molecule is CCCC(NC(=O)C1CCCN1C(=O)CN)C(=O)O. The van der Waals surface area contributed by atoms with E-state index in [1.807, 2.05) is 6.92 Å². The van der Waals surface area contributed by atoms with Crippen molar-refractivity contribution in [3.63, 3.8) is 0 Å². The number of carboxylic acids is 1. The fourth-order valence-corrected chi connectivity index (χ4v) is 2.27. The fourth-order valence-electron chi connectivity index (χ4n) is 2.27. The van der Waals surface area contributed by atoms with Crippen molar-refractivity contribution in [2.75, 3.05) is 13.1 Å². The Kier molecular flexibility index (Phi) is 5.75. The van der Waals surface area contributed by atoms with E-state index in [2.05, 4.69) is 5.32 Å². The molecule has 1 aliphatic heterocycles. The molecule has 1 saturated heterocycles. The van der Waals surface area contributed by atoms with Crippen LogP contribution in [0.1, 0.15) is 32.6 Å². The van der Waals surface area contributed by atoms with Crippen molar-refractivity contribution in [2.45, 2.75) is 44.7 Å². The minimum Gasteiger partial charge on any atom is -0.480 e. The molecule has 0 radical (unpaired) electrons. The van der Waals surface area contributed by atoms with Crippen LogP contribution >= 0.6 is 0 Å². The Balaban J connectivity index is 2.65. The molecule has 4 N–H and O–H groups in total. The molecule has 2 atom stereocenters. The van der Waals surface area contributed by atoms with Crippen LogP contribution in [0.25, 0.3) is 0 Å². The number of carboxylic acid groups (broad SMARTS) is 1. The average Bonchev–Trinajstić information content (AvgIpc) is 2.86. The molecule has 0 bridgehead atoms. The highest BCUT2D eigenvalue weighted by molar-refractivity contribution is 5.91. The normalized spacial score (nSPS) is 20.1. The first-order valence-electron chi connectivity index (χ1n) is 6.54. The molecule has 0 saturated carbocycles. The third-order valence-corrected chi connectivity index (χ3v) is 3.24. The van der Waals surface area contributed by atoms with E-state index in [1.165, 1.54) is 4.90 Å². The quantitative estimate of drug-likeness (QED) is 0.591. The summed E-state index contributed by atoms with van der Waals surface area (Å²) in [6, 6.07) is -1.48. The molecule has 1 aliphatic rings. The lowest BCUT2D eigenvalue weighted by atomic mass is 10.1. The highest BCUT2D eigenvalue weighted by Gasteiger charge is 2.34. The Morgan fingerprint density at radius 1 is 1.47 bits per heavy atom. The summed E-state index contributed by atoms with van der Waals surface area (Å²) < 4.78 is 0. The third-order valence-electron chi connectivity index (χ3n) is 3.24. The average molecular weight is 271 g/mol. The first-order chi connectivity index (χ1) is 9.01. The molecule has 1 heterocycles. The van der Waals surface area contributed by atoms with Crippen molar-refractivity contribution >= 4 is 17.8 Å². The predicted molar refractivity (Wildman–Crippen MR) is 68.3 cm³/mol. The van der Waals surface area contributed by atoms with Gasteiger partial charge in [-0.05, 0) is 19.3 Å². The van der Waals surface area contributed by atoms with Gasteiger partial charge in [0.1, 0.15) is 12.1 Å². The number of aliphatic carboxylic acids is 1. The molecule has 1 fully saturated rings. The second-order valence-corrected chi connectivity index (χ2v) is 4.64. The van der Waals surface area contributed by atoms with Crippen LogP contribution in [0, 0.1) is 0 Å². The van der Waals surface area contributed by atoms with Crippen LogP contribution in [0.5, 0.6) is 0 Å². The van der Waals surface area contributed by atoms with Gasteiger partial charge < -0.3 is 21.1 Å². The number of carbonyl (C=O) groups excluding carboxylic acids is 2. The molecule has 1 rings (SSSR count). The number of rotatable bonds is 6. The van der Waals surface area contributed by atoms with Gasteiger partial charge in [-0.1, -0.05) is 13.3 Å². The molecule has 0 aliphatic carbocycles. The van der Waals surface area contributed by atoms with Crippen molar-refractivity contribution in [1.29, 1.82) is 0 Å². The van der Waals surface area contributed by atoms with Crippen molar-refractivity contribution < 1.29 is 19.5 Å². The summed E-state index contributed by atoms with van der Waals surface area (Å²) in [7, 11) is 0. The molecule has 2 unspecified atom stereocenters. The third kappa shape index (κ3) is 3.92. The van der Waals surface area contributed by atoms with E-state index in [1.54, 1.807) is 0 Å². The van der Waals surface area contributed by atoms with E-state index in [9.17, 15) is 14.4 Å². The second kappa shape index (κ2) is 7.08. The molecule has 7 heteroatoms. The summed E-state index contributed by atoms with van der Waals surface area (Å²) >= 11 is 0. The van der Waals surface area contributed by atoms with Crippen LogP contribution in [-0.2, 0) is 14.4 Å². The number of hydrogen-bond acceptors (Lipinski definition) is 4. The van der Waals surface area contributed by atoms with E-state index in [0.717, 1.165) is 6.42 Å². The highest BCUT2D eigenvalue weighted by Crippen LogP contribution is 2.17. The van der Waals surface area contributed by atoms with Gasteiger partial charge in [0.05, 0.1) is 6.54 Å². The molecule has 0 spiro atoms. The molecule has 108 valence electrons. The zero-order valence-electron chi connectivity index (χ0n) is 11.1. The molecule has 0 aromatic carbocycles. The number of nitrogens with zero attached hydrogens (tertiary/aromatic N) is 1. The van der Waals surface area contributed by atoms with Crippen LogP contribution in [0.3, 0.4) is 0 Å². The summed E-state index contributed by atoms with van der Waals surface area (Å²) in [4.78, 5) is 36.1. The van der Waals surface area contributed by atoms with Gasteiger partial charge in [0.25, 0.3) is 0 Å². The molecule has 0 aromatic rings. The van der Waals surface area contributed by atoms with Crippen molar-refractivity contribution in [3.8, 4) is 0 Å². The van der Waals surface area contributed by atoms with Crippen molar-refractivity contribution in [2.24, 2.45) is 5.73 Å². The molecule has 7 nitrogen and oxygen atoms in total. The van der Waals surface area contributed by atoms with Gasteiger partial charge in [0.2, 0.25) is 11.8 Å². The van der Waals surface area contributed by atoms with Crippen LogP contribution in [0.4, 0.5) is 0 Å². The topological polar surface area (TPSA) is 113 Å². The first-order valence-corrected chi connectivity index (χ1v) is 6.54. The second-order valence-electron chi connectivity index (χ2n) is 4.64. The molecule has 0 aromatic heterocycles. The summed E-state index contributed by atoms with van der Waals surface area (Å²) in [6.45, 7) is 2.21. The molecular formula is C12H21N3O4. The van der Waals surface area contributed by atoms with Gasteiger partial charge in [-0.15, -0.1) is 0 Å². The van der Waals surface area contributed by atoms with Gasteiger partial charge in [0, 0.05) is 6.54 Å². The lowest BCUT2D eigenvalue weighted by Crippen LogP contribution is -2.51. The predicted octanol–water partition coefficient (Wildman–Crippen LogP) is -0.694. The monoisotopic (exact) mass is 271 g/mol. The largest absolute Gasteiger partial charge is 0.480 e. The zero-order chi connectivity index (χ0) is 14.4. The summed E-state index contributed by atoms with van der Waals surface area (Å²) in [5.41, 5.74) is 5.29. The molecule has 2 amide bonds. The summed E-state index contributed by atoms with van der Waals surface area (Å²) in [5, 5.41) is 11.5. The number of nitrogens with two attached hydrogens (primary N) is 1. The van der Waals surface area contributed by atoms with Crippen LogP contribution < -0.4 is 11.1 Å². The number of amides is 2. The van der Waals surface area contributed by atoms with E-state index in [-0.39, 0.29) is 12.5 Å². The number of likely N-dealkylation sites (tertiary alicyclic amines) is 1. The lowest BCUT2D eigenvalue weighted by molar-refractivity contribution is -0.143. The zero-order valence-corrected chi connectivity index (χ0v) is 11.1. The first kappa shape index (κ1) is 15.4. The number of nitrogens with one attached hydrogen (secondary N) is 1. The minimum absolute atomic E-state index is 0.138. The standard InChI is InChI=1S/C12H21N3O4/c1-2-4-8(12(18)19)14-11(17)9-5-3-6-15(9)10(16)7-13/h8-9H,2-7,13H2,1H3,(H,14,17)(H,18,19). The van der Waals surface area contributed by atoms with E-state index < -0.39 is 24.0 Å². The molecular weight excluding hydrogens is 250 g/mol. The summed E-state index contributed by atoms with van der Waals surface area (Å²) in [5.74, 6) is -1.73. The van der Waals surface area contributed by atoms with Crippen LogP contribution in [0.15, 0.2) is 0 Å². The highest BCUT2D eigenvalue weighted by atomic mass is 16.4. The van der Waals surface area contributed by atoms with Crippen LogP contribution in [-0.4, -0.2) is 53.0 Å². The Morgan fingerprint density at radius 2 is 2.16 bits per heavy atom. The fraction of sp³-hybridized carbons (Fsp3) is 0.750. The smallest absolute Gasteiger partial charge is 0.326 e. The molecule has 19 heavy (non-hydrogen) atoms.